The van der Waals surface area contributed by atoms with Crippen LogP contribution >= 0.6 is 8.25 Å². The Balaban J connectivity index is 2.45. The van der Waals surface area contributed by atoms with Gasteiger partial charge >= 0.3 is 13.9 Å². The molecule has 0 aliphatic carbocycles. The minimum atomic E-state index is -3.01. The molecule has 0 spiro atoms. The zero-order valence-corrected chi connectivity index (χ0v) is 13.5. The quantitative estimate of drug-likeness (QED) is 0.424. The van der Waals surface area contributed by atoms with Crippen molar-refractivity contribution >= 4 is 8.25 Å². The molecule has 1 aliphatic rings. The van der Waals surface area contributed by atoms with Gasteiger partial charge in [0.2, 0.25) is 0 Å². The Bertz CT molecular complexity index is 766. The summed E-state index contributed by atoms with van der Waals surface area (Å²) in [4.78, 5) is 34.6. The van der Waals surface area contributed by atoms with E-state index in [1.165, 1.54) is 13.1 Å². The van der Waals surface area contributed by atoms with Crippen molar-refractivity contribution in [2.24, 2.45) is 0 Å². The minimum Gasteiger partial charge on any atom is -0.394 e. The molecular weight excluding hydrogens is 343 g/mol. The van der Waals surface area contributed by atoms with Gasteiger partial charge in [0.15, 0.2) is 12.3 Å². The molecule has 0 saturated carbocycles. The third-order valence-electron chi connectivity index (χ3n) is 3.46. The Labute approximate surface area is 136 Å². The second-order valence-electron chi connectivity index (χ2n) is 5.01. The van der Waals surface area contributed by atoms with Gasteiger partial charge in [-0.2, -0.15) is 0 Å². The van der Waals surface area contributed by atoms with Crippen LogP contribution in [0.2, 0.25) is 0 Å². The average molecular weight is 359 g/mol. The lowest BCUT2D eigenvalue weighted by atomic mass is 10.1. The molecule has 0 aromatic carbocycles. The number of hydrogen-bond acceptors (Lipinski definition) is 7. The number of aromatic amines is 1. The fourth-order valence-corrected chi connectivity index (χ4v) is 2.87. The van der Waals surface area contributed by atoms with Gasteiger partial charge in [-0.25, -0.2) is 4.79 Å². The SMILES string of the molecule is C#CCOC1C(O[P+](=O)O)[C@@H](CO)O[C@H]1n1cc(C)c(=O)[nH]c1=O. The van der Waals surface area contributed by atoms with E-state index in [0.717, 1.165) is 4.57 Å². The monoisotopic (exact) mass is 359 g/mol. The number of aryl methyl sites for hydroxylation is 1. The normalized spacial score (nSPS) is 27.0. The summed E-state index contributed by atoms with van der Waals surface area (Å²) in [5.74, 6) is 2.23. The lowest BCUT2D eigenvalue weighted by Gasteiger charge is -2.21. The van der Waals surface area contributed by atoms with Crippen LogP contribution < -0.4 is 11.2 Å². The third kappa shape index (κ3) is 3.79. The highest BCUT2D eigenvalue weighted by molar-refractivity contribution is 7.32. The van der Waals surface area contributed by atoms with Crippen molar-refractivity contribution in [2.45, 2.75) is 31.5 Å². The van der Waals surface area contributed by atoms with Crippen LogP contribution in [-0.2, 0) is 18.6 Å². The summed E-state index contributed by atoms with van der Waals surface area (Å²) in [6.07, 6.45) is 2.08. The first-order valence-electron chi connectivity index (χ1n) is 6.85. The second-order valence-corrected chi connectivity index (χ2v) is 5.70. The predicted molar refractivity (Wildman–Crippen MR) is 80.3 cm³/mol. The first-order chi connectivity index (χ1) is 11.4. The Morgan fingerprint density at radius 3 is 2.79 bits per heavy atom. The topological polar surface area (TPSA) is 140 Å². The Hall–Kier alpha value is -1.86. The molecule has 2 heterocycles. The van der Waals surface area contributed by atoms with E-state index in [1.807, 2.05) is 0 Å². The van der Waals surface area contributed by atoms with Crippen LogP contribution in [0.4, 0.5) is 0 Å². The molecule has 24 heavy (non-hydrogen) atoms. The number of nitrogens with zero attached hydrogens (tertiary/aromatic N) is 1. The van der Waals surface area contributed by atoms with E-state index in [0.29, 0.717) is 0 Å². The van der Waals surface area contributed by atoms with Gasteiger partial charge in [0, 0.05) is 16.3 Å². The van der Waals surface area contributed by atoms with Crippen LogP contribution in [0.1, 0.15) is 11.8 Å². The Morgan fingerprint density at radius 1 is 1.50 bits per heavy atom. The summed E-state index contributed by atoms with van der Waals surface area (Å²) in [5.41, 5.74) is -1.08. The van der Waals surface area contributed by atoms with Gasteiger partial charge in [-0.3, -0.25) is 14.3 Å². The van der Waals surface area contributed by atoms with Gasteiger partial charge in [-0.15, -0.1) is 15.8 Å². The van der Waals surface area contributed by atoms with Crippen molar-refractivity contribution < 1.29 is 28.6 Å². The molecule has 0 amide bonds. The van der Waals surface area contributed by atoms with Crippen LogP contribution in [0, 0.1) is 19.3 Å². The third-order valence-corrected chi connectivity index (χ3v) is 3.88. The van der Waals surface area contributed by atoms with Gasteiger partial charge < -0.3 is 14.6 Å². The van der Waals surface area contributed by atoms with E-state index < -0.39 is 50.7 Å². The fourth-order valence-electron chi connectivity index (χ4n) is 2.41. The number of aliphatic hydroxyl groups is 1. The van der Waals surface area contributed by atoms with E-state index in [1.54, 1.807) is 0 Å². The molecule has 1 aromatic rings. The number of terminal acetylenes is 1. The Kier molecular flexibility index (Phi) is 6.01. The molecule has 0 radical (unpaired) electrons. The average Bonchev–Trinajstić information content (AvgIpc) is 2.85. The Morgan fingerprint density at radius 2 is 2.21 bits per heavy atom. The fraction of sp³-hybridized carbons (Fsp3) is 0.538. The molecule has 1 aliphatic heterocycles. The van der Waals surface area contributed by atoms with Gasteiger partial charge in [-0.1, -0.05) is 5.92 Å². The molecule has 5 atom stereocenters. The highest BCUT2D eigenvalue weighted by atomic mass is 31.1. The van der Waals surface area contributed by atoms with Gasteiger partial charge in [0.05, 0.1) is 6.61 Å². The molecule has 2 rings (SSSR count). The molecule has 0 bridgehead atoms. The molecule has 1 fully saturated rings. The summed E-state index contributed by atoms with van der Waals surface area (Å²) >= 11 is 0. The summed E-state index contributed by atoms with van der Waals surface area (Å²) in [6, 6.07) is 0. The number of ether oxygens (including phenoxy) is 2. The van der Waals surface area contributed by atoms with E-state index >= 15 is 0 Å². The van der Waals surface area contributed by atoms with E-state index in [9.17, 15) is 19.3 Å². The van der Waals surface area contributed by atoms with Crippen LogP contribution in [-0.4, -0.2) is 51.1 Å². The van der Waals surface area contributed by atoms with Gasteiger partial charge in [0.1, 0.15) is 18.8 Å². The summed E-state index contributed by atoms with van der Waals surface area (Å²) in [6.45, 7) is 0.766. The molecule has 11 heteroatoms. The zero-order chi connectivity index (χ0) is 17.9. The molecule has 3 N–H and O–H groups in total. The second kappa shape index (κ2) is 7.81. The standard InChI is InChI=1S/C13H15N2O8P/c1-3-4-21-10-9(23-24(19)20)8(6-16)22-12(10)15-5-7(2)11(17)14-13(15)18/h1,5,8-10,12,16H,4,6H2,2H3,(H-,14,17,18,19,20)/p+1/t8-,9?,10?,12-/m1/s1. The molecule has 3 unspecified atom stereocenters. The maximum absolute atomic E-state index is 12.0. The van der Waals surface area contributed by atoms with Gasteiger partial charge in [0.25, 0.3) is 5.56 Å². The van der Waals surface area contributed by atoms with Crippen molar-refractivity contribution in [3.8, 4) is 12.3 Å². The molecule has 130 valence electrons. The maximum Gasteiger partial charge on any atom is 0.695 e. The van der Waals surface area contributed by atoms with Crippen molar-refractivity contribution in [3.05, 3.63) is 32.6 Å². The largest absolute Gasteiger partial charge is 0.695 e. The lowest BCUT2D eigenvalue weighted by molar-refractivity contribution is -0.0677. The number of aliphatic hydroxyl groups excluding tert-OH is 1. The lowest BCUT2D eigenvalue weighted by Crippen LogP contribution is -2.40. The minimum absolute atomic E-state index is 0.179. The molecule has 1 aromatic heterocycles. The summed E-state index contributed by atoms with van der Waals surface area (Å²) in [5, 5.41) is 9.40. The van der Waals surface area contributed by atoms with E-state index in [-0.39, 0.29) is 12.2 Å². The molecule has 10 nitrogen and oxygen atoms in total. The number of hydrogen-bond donors (Lipinski definition) is 3. The first kappa shape index (κ1) is 18.5. The first-order valence-corrected chi connectivity index (χ1v) is 7.98. The van der Waals surface area contributed by atoms with Crippen LogP contribution in [0.15, 0.2) is 15.8 Å². The van der Waals surface area contributed by atoms with Crippen LogP contribution in [0.5, 0.6) is 0 Å². The summed E-state index contributed by atoms with van der Waals surface area (Å²) < 4.78 is 27.9. The number of nitrogens with one attached hydrogen (secondary N) is 1. The highest BCUT2D eigenvalue weighted by Gasteiger charge is 2.51. The smallest absolute Gasteiger partial charge is 0.394 e. The van der Waals surface area contributed by atoms with Crippen LogP contribution in [0.3, 0.4) is 0 Å². The van der Waals surface area contributed by atoms with Gasteiger partial charge in [-0.05, 0) is 6.92 Å². The summed E-state index contributed by atoms with van der Waals surface area (Å²) in [7, 11) is -3.01. The molecule has 1 saturated heterocycles. The van der Waals surface area contributed by atoms with E-state index in [2.05, 4.69) is 10.9 Å². The number of H-pyrrole nitrogens is 1. The van der Waals surface area contributed by atoms with Crippen molar-refractivity contribution in [2.75, 3.05) is 13.2 Å². The maximum atomic E-state index is 12.0. The van der Waals surface area contributed by atoms with Crippen LogP contribution in [0.25, 0.3) is 0 Å². The molecular formula is C13H16N2O8P+. The van der Waals surface area contributed by atoms with Crippen molar-refractivity contribution in [1.29, 1.82) is 0 Å². The van der Waals surface area contributed by atoms with Crippen molar-refractivity contribution in [1.82, 2.24) is 9.55 Å². The number of rotatable bonds is 6. The van der Waals surface area contributed by atoms with Crippen molar-refractivity contribution in [3.63, 3.8) is 0 Å². The number of aromatic nitrogens is 2. The highest BCUT2D eigenvalue weighted by Crippen LogP contribution is 2.36. The zero-order valence-electron chi connectivity index (χ0n) is 12.6. The predicted octanol–water partition coefficient (Wildman–Crippen LogP) is -1.21. The van der Waals surface area contributed by atoms with E-state index in [4.69, 9.17) is 25.3 Å².